The zero-order valence-electron chi connectivity index (χ0n) is 14.1. The highest BCUT2D eigenvalue weighted by molar-refractivity contribution is 7.99. The zero-order chi connectivity index (χ0) is 14.8. The van der Waals surface area contributed by atoms with Crippen LogP contribution in [-0.2, 0) is 0 Å². The molecule has 0 spiro atoms. The Balaban J connectivity index is 1.98. The molecule has 2 aliphatic rings. The van der Waals surface area contributed by atoms with E-state index in [1.54, 1.807) is 0 Å². The summed E-state index contributed by atoms with van der Waals surface area (Å²) in [4.78, 5) is 2.82. The SMILES string of the molecule is CC(C)C1CNC(C(C)(C)C)CN1CC1CCSCC1. The zero-order valence-corrected chi connectivity index (χ0v) is 14.9. The summed E-state index contributed by atoms with van der Waals surface area (Å²) in [5.74, 6) is 4.45. The van der Waals surface area contributed by atoms with Crippen LogP contribution in [0.15, 0.2) is 0 Å². The van der Waals surface area contributed by atoms with Crippen LogP contribution in [0.4, 0.5) is 0 Å². The highest BCUT2D eigenvalue weighted by Crippen LogP contribution is 2.29. The van der Waals surface area contributed by atoms with E-state index in [1.165, 1.54) is 44.0 Å². The predicted octanol–water partition coefficient (Wildman–Crippen LogP) is 3.47. The van der Waals surface area contributed by atoms with Crippen molar-refractivity contribution < 1.29 is 0 Å². The topological polar surface area (TPSA) is 15.3 Å². The maximum absolute atomic E-state index is 3.81. The molecule has 1 N–H and O–H groups in total. The molecule has 0 aliphatic carbocycles. The average molecular weight is 299 g/mol. The third kappa shape index (κ3) is 4.38. The largest absolute Gasteiger partial charge is 0.311 e. The van der Waals surface area contributed by atoms with Crippen LogP contribution in [0, 0.1) is 17.3 Å². The standard InChI is InChI=1S/C17H34N2S/c1-13(2)15-10-18-16(17(3,4)5)12-19(15)11-14-6-8-20-9-7-14/h13-16,18H,6-12H2,1-5H3. The first-order chi connectivity index (χ1) is 9.38. The number of nitrogens with one attached hydrogen (secondary N) is 1. The van der Waals surface area contributed by atoms with Gasteiger partial charge in [0.1, 0.15) is 0 Å². The third-order valence-electron chi connectivity index (χ3n) is 5.11. The molecule has 2 unspecified atom stereocenters. The van der Waals surface area contributed by atoms with Gasteiger partial charge in [-0.2, -0.15) is 11.8 Å². The predicted molar refractivity (Wildman–Crippen MR) is 91.5 cm³/mol. The fourth-order valence-electron chi connectivity index (χ4n) is 3.53. The van der Waals surface area contributed by atoms with E-state index in [-0.39, 0.29) is 0 Å². The van der Waals surface area contributed by atoms with Gasteiger partial charge in [-0.25, -0.2) is 0 Å². The summed E-state index contributed by atoms with van der Waals surface area (Å²) in [7, 11) is 0. The van der Waals surface area contributed by atoms with Crippen LogP contribution in [0.3, 0.4) is 0 Å². The van der Waals surface area contributed by atoms with Gasteiger partial charge in [0.15, 0.2) is 0 Å². The molecular weight excluding hydrogens is 264 g/mol. The van der Waals surface area contributed by atoms with E-state index in [0.717, 1.165) is 17.9 Å². The summed E-state index contributed by atoms with van der Waals surface area (Å²) in [6.07, 6.45) is 2.86. The van der Waals surface area contributed by atoms with Crippen molar-refractivity contribution in [2.75, 3.05) is 31.1 Å². The normalized spacial score (nSPS) is 30.9. The number of hydrogen-bond acceptors (Lipinski definition) is 3. The van der Waals surface area contributed by atoms with Crippen LogP contribution in [0.25, 0.3) is 0 Å². The Morgan fingerprint density at radius 2 is 1.85 bits per heavy atom. The summed E-state index contributed by atoms with van der Waals surface area (Å²) in [5, 5.41) is 3.81. The van der Waals surface area contributed by atoms with Gasteiger partial charge in [-0.3, -0.25) is 4.90 Å². The van der Waals surface area contributed by atoms with Gasteiger partial charge < -0.3 is 5.32 Å². The Hall–Kier alpha value is 0.270. The van der Waals surface area contributed by atoms with Crippen molar-refractivity contribution in [3.63, 3.8) is 0 Å². The van der Waals surface area contributed by atoms with Crippen molar-refractivity contribution in [1.82, 2.24) is 10.2 Å². The minimum Gasteiger partial charge on any atom is -0.311 e. The Bertz CT molecular complexity index is 292. The van der Waals surface area contributed by atoms with Gasteiger partial charge in [-0.15, -0.1) is 0 Å². The van der Waals surface area contributed by atoms with E-state index in [0.29, 0.717) is 11.5 Å². The molecular formula is C17H34N2S. The van der Waals surface area contributed by atoms with Gasteiger partial charge in [0.05, 0.1) is 0 Å². The highest BCUT2D eigenvalue weighted by atomic mass is 32.2. The molecule has 118 valence electrons. The molecule has 3 heteroatoms. The Kier molecular flexibility index (Phi) is 5.84. The number of piperazine rings is 1. The maximum atomic E-state index is 3.81. The highest BCUT2D eigenvalue weighted by Gasteiger charge is 2.36. The van der Waals surface area contributed by atoms with Crippen molar-refractivity contribution in [1.29, 1.82) is 0 Å². The third-order valence-corrected chi connectivity index (χ3v) is 6.16. The Morgan fingerprint density at radius 1 is 1.20 bits per heavy atom. The maximum Gasteiger partial charge on any atom is 0.0244 e. The van der Waals surface area contributed by atoms with Gasteiger partial charge in [-0.05, 0) is 41.6 Å². The Labute approximate surface area is 130 Å². The fraction of sp³-hybridized carbons (Fsp3) is 1.00. The van der Waals surface area contributed by atoms with Crippen LogP contribution in [0.5, 0.6) is 0 Å². The number of rotatable bonds is 3. The monoisotopic (exact) mass is 298 g/mol. The van der Waals surface area contributed by atoms with Crippen LogP contribution in [0.1, 0.15) is 47.5 Å². The molecule has 2 atom stereocenters. The summed E-state index contributed by atoms with van der Waals surface area (Å²) in [6.45, 7) is 15.6. The van der Waals surface area contributed by atoms with Crippen molar-refractivity contribution >= 4 is 11.8 Å². The molecule has 2 fully saturated rings. The second-order valence-electron chi connectivity index (χ2n) is 8.15. The van der Waals surface area contributed by atoms with Crippen molar-refractivity contribution in [2.45, 2.75) is 59.5 Å². The van der Waals surface area contributed by atoms with Crippen LogP contribution >= 0.6 is 11.8 Å². The molecule has 0 saturated carbocycles. The van der Waals surface area contributed by atoms with Crippen molar-refractivity contribution in [3.05, 3.63) is 0 Å². The van der Waals surface area contributed by atoms with E-state index >= 15 is 0 Å². The second kappa shape index (κ2) is 7.02. The Morgan fingerprint density at radius 3 is 2.40 bits per heavy atom. The summed E-state index contributed by atoms with van der Waals surface area (Å²) in [5.41, 5.74) is 0.364. The molecule has 0 radical (unpaired) electrons. The first-order valence-corrected chi connectivity index (χ1v) is 9.58. The molecule has 0 aromatic heterocycles. The minimum atomic E-state index is 0.364. The molecule has 2 saturated heterocycles. The quantitative estimate of drug-likeness (QED) is 0.859. The molecule has 0 amide bonds. The van der Waals surface area contributed by atoms with Gasteiger partial charge in [-0.1, -0.05) is 34.6 Å². The lowest BCUT2D eigenvalue weighted by Gasteiger charge is -2.47. The second-order valence-corrected chi connectivity index (χ2v) is 9.37. The molecule has 0 bridgehead atoms. The molecule has 2 rings (SSSR count). The molecule has 0 aromatic carbocycles. The van der Waals surface area contributed by atoms with Gasteiger partial charge in [0.2, 0.25) is 0 Å². The summed E-state index contributed by atoms with van der Waals surface area (Å²) < 4.78 is 0. The number of hydrogen-bond donors (Lipinski definition) is 1. The lowest BCUT2D eigenvalue weighted by atomic mass is 9.83. The van der Waals surface area contributed by atoms with E-state index in [9.17, 15) is 0 Å². The van der Waals surface area contributed by atoms with Gasteiger partial charge in [0, 0.05) is 31.7 Å². The van der Waals surface area contributed by atoms with Gasteiger partial charge >= 0.3 is 0 Å². The summed E-state index contributed by atoms with van der Waals surface area (Å²) >= 11 is 2.14. The van der Waals surface area contributed by atoms with E-state index < -0.39 is 0 Å². The molecule has 2 nitrogen and oxygen atoms in total. The molecule has 0 aromatic rings. The van der Waals surface area contributed by atoms with Crippen LogP contribution in [-0.4, -0.2) is 48.1 Å². The lowest BCUT2D eigenvalue weighted by molar-refractivity contribution is 0.0495. The van der Waals surface area contributed by atoms with E-state index in [4.69, 9.17) is 0 Å². The number of nitrogens with zero attached hydrogens (tertiary/aromatic N) is 1. The van der Waals surface area contributed by atoms with Crippen LogP contribution in [0.2, 0.25) is 0 Å². The molecule has 20 heavy (non-hydrogen) atoms. The van der Waals surface area contributed by atoms with Crippen molar-refractivity contribution in [3.8, 4) is 0 Å². The fourth-order valence-corrected chi connectivity index (χ4v) is 4.74. The van der Waals surface area contributed by atoms with Crippen molar-refractivity contribution in [2.24, 2.45) is 17.3 Å². The average Bonchev–Trinajstić information content (AvgIpc) is 2.38. The lowest BCUT2D eigenvalue weighted by Crippen LogP contribution is -2.62. The first kappa shape index (κ1) is 16.6. The van der Waals surface area contributed by atoms with E-state index in [1.807, 2.05) is 0 Å². The first-order valence-electron chi connectivity index (χ1n) is 8.43. The van der Waals surface area contributed by atoms with E-state index in [2.05, 4.69) is 56.6 Å². The van der Waals surface area contributed by atoms with Crippen LogP contribution < -0.4 is 5.32 Å². The molecule has 2 heterocycles. The summed E-state index contributed by atoms with van der Waals surface area (Å²) in [6, 6.07) is 1.36. The van der Waals surface area contributed by atoms with Gasteiger partial charge in [0.25, 0.3) is 0 Å². The molecule has 2 aliphatic heterocycles. The smallest absolute Gasteiger partial charge is 0.0244 e. The number of thioether (sulfide) groups is 1. The minimum absolute atomic E-state index is 0.364.